The quantitative estimate of drug-likeness (QED) is 0.876. The summed E-state index contributed by atoms with van der Waals surface area (Å²) in [6.07, 6.45) is 2.05. The van der Waals surface area contributed by atoms with Crippen molar-refractivity contribution < 1.29 is 4.79 Å². The molecule has 1 aromatic rings. The number of amides is 1. The highest BCUT2D eigenvalue weighted by atomic mass is 32.2. The molecule has 0 radical (unpaired) electrons. The molecule has 4 heteroatoms. The molecule has 2 atom stereocenters. The molecule has 0 spiro atoms. The van der Waals surface area contributed by atoms with Crippen LogP contribution in [0.1, 0.15) is 38.3 Å². The Balaban J connectivity index is 1.97. The van der Waals surface area contributed by atoms with Crippen molar-refractivity contribution in [2.24, 2.45) is 0 Å². The van der Waals surface area contributed by atoms with Crippen LogP contribution in [-0.4, -0.2) is 41.4 Å². The highest BCUT2D eigenvalue weighted by Gasteiger charge is 2.24. The van der Waals surface area contributed by atoms with Crippen molar-refractivity contribution in [2.75, 3.05) is 24.6 Å². The van der Waals surface area contributed by atoms with E-state index < -0.39 is 0 Å². The Kier molecular flexibility index (Phi) is 6.58. The number of benzene rings is 1. The van der Waals surface area contributed by atoms with Crippen molar-refractivity contribution in [3.05, 3.63) is 35.9 Å². The van der Waals surface area contributed by atoms with E-state index in [2.05, 4.69) is 29.3 Å². The summed E-state index contributed by atoms with van der Waals surface area (Å²) < 4.78 is 0. The molecule has 1 aromatic carbocycles. The van der Waals surface area contributed by atoms with E-state index in [0.717, 1.165) is 37.4 Å². The Bertz CT molecular complexity index is 432. The molecule has 2 rings (SSSR count). The molecule has 1 aliphatic rings. The van der Waals surface area contributed by atoms with Gasteiger partial charge in [-0.2, -0.15) is 11.8 Å². The molecule has 21 heavy (non-hydrogen) atoms. The summed E-state index contributed by atoms with van der Waals surface area (Å²) in [6.45, 7) is 6.22. The molecule has 1 saturated heterocycles. The van der Waals surface area contributed by atoms with Crippen molar-refractivity contribution in [2.45, 2.75) is 38.8 Å². The maximum absolute atomic E-state index is 12.5. The van der Waals surface area contributed by atoms with Crippen LogP contribution in [0, 0.1) is 0 Å². The molecule has 3 nitrogen and oxygen atoms in total. The molecule has 1 amide bonds. The predicted molar refractivity (Wildman–Crippen MR) is 90.6 cm³/mol. The van der Waals surface area contributed by atoms with E-state index >= 15 is 0 Å². The summed E-state index contributed by atoms with van der Waals surface area (Å²) >= 11 is 1.97. The molecule has 1 fully saturated rings. The summed E-state index contributed by atoms with van der Waals surface area (Å²) in [7, 11) is 0. The van der Waals surface area contributed by atoms with Crippen molar-refractivity contribution in [1.29, 1.82) is 0 Å². The van der Waals surface area contributed by atoms with Crippen LogP contribution in [-0.2, 0) is 4.79 Å². The van der Waals surface area contributed by atoms with Crippen molar-refractivity contribution in [3.8, 4) is 0 Å². The summed E-state index contributed by atoms with van der Waals surface area (Å²) in [5, 5.41) is 3.24. The minimum absolute atomic E-state index is 0.0334. The van der Waals surface area contributed by atoms with Crippen LogP contribution in [0.5, 0.6) is 0 Å². The molecule has 0 aromatic heterocycles. The van der Waals surface area contributed by atoms with Gasteiger partial charge < -0.3 is 5.32 Å². The van der Waals surface area contributed by atoms with Gasteiger partial charge in [0.2, 0.25) is 5.91 Å². The van der Waals surface area contributed by atoms with Gasteiger partial charge in [-0.15, -0.1) is 0 Å². The van der Waals surface area contributed by atoms with Crippen molar-refractivity contribution >= 4 is 17.7 Å². The van der Waals surface area contributed by atoms with Gasteiger partial charge in [0.05, 0.1) is 12.1 Å². The van der Waals surface area contributed by atoms with Crippen LogP contribution >= 0.6 is 11.8 Å². The standard InChI is InChI=1S/C17H26N2OS/c1-3-7-16(15-8-5-4-6-9-15)18-17(20)14(2)19-10-12-21-13-11-19/h4-6,8-9,14,16H,3,7,10-13H2,1-2H3,(H,18,20). The minimum Gasteiger partial charge on any atom is -0.348 e. The number of nitrogens with one attached hydrogen (secondary N) is 1. The first kappa shape index (κ1) is 16.4. The number of hydrogen-bond donors (Lipinski definition) is 1. The highest BCUT2D eigenvalue weighted by Crippen LogP contribution is 2.19. The number of carbonyl (C=O) groups excluding carboxylic acids is 1. The average Bonchev–Trinajstić information content (AvgIpc) is 2.55. The predicted octanol–water partition coefficient (Wildman–Crippen LogP) is 3.08. The molecule has 2 unspecified atom stereocenters. The SMILES string of the molecule is CCCC(NC(=O)C(C)N1CCSCC1)c1ccccc1. The fraction of sp³-hybridized carbons (Fsp3) is 0.588. The smallest absolute Gasteiger partial charge is 0.237 e. The Morgan fingerprint density at radius 1 is 1.29 bits per heavy atom. The van der Waals surface area contributed by atoms with Gasteiger partial charge in [0.25, 0.3) is 0 Å². The zero-order chi connectivity index (χ0) is 15.1. The second-order valence-corrected chi connectivity index (χ2v) is 6.81. The third-order valence-corrected chi connectivity index (χ3v) is 5.01. The second kappa shape index (κ2) is 8.44. The molecule has 0 saturated carbocycles. The van der Waals surface area contributed by atoms with Gasteiger partial charge >= 0.3 is 0 Å². The van der Waals surface area contributed by atoms with Gasteiger partial charge in [0.1, 0.15) is 0 Å². The zero-order valence-electron chi connectivity index (χ0n) is 13.0. The van der Waals surface area contributed by atoms with Crippen molar-refractivity contribution in [1.82, 2.24) is 10.2 Å². The largest absolute Gasteiger partial charge is 0.348 e. The first-order valence-electron chi connectivity index (χ1n) is 7.89. The van der Waals surface area contributed by atoms with Crippen LogP contribution in [0.2, 0.25) is 0 Å². The molecular formula is C17H26N2OS. The number of carbonyl (C=O) groups is 1. The van der Waals surface area contributed by atoms with E-state index in [-0.39, 0.29) is 18.0 Å². The lowest BCUT2D eigenvalue weighted by Crippen LogP contribution is -2.49. The van der Waals surface area contributed by atoms with E-state index in [0.29, 0.717) is 0 Å². The highest BCUT2D eigenvalue weighted by molar-refractivity contribution is 7.99. The zero-order valence-corrected chi connectivity index (χ0v) is 13.9. The van der Waals surface area contributed by atoms with E-state index in [4.69, 9.17) is 0 Å². The molecule has 1 N–H and O–H groups in total. The van der Waals surface area contributed by atoms with Gasteiger partial charge in [0, 0.05) is 24.6 Å². The number of nitrogens with zero attached hydrogens (tertiary/aromatic N) is 1. The van der Waals surface area contributed by atoms with Gasteiger partial charge in [-0.25, -0.2) is 0 Å². The topological polar surface area (TPSA) is 32.3 Å². The number of rotatable bonds is 6. The number of thioether (sulfide) groups is 1. The minimum atomic E-state index is -0.0334. The molecule has 116 valence electrons. The van der Waals surface area contributed by atoms with E-state index in [9.17, 15) is 4.79 Å². The monoisotopic (exact) mass is 306 g/mol. The normalized spacial score (nSPS) is 19.0. The molecule has 0 aliphatic carbocycles. The Morgan fingerprint density at radius 2 is 1.95 bits per heavy atom. The fourth-order valence-corrected chi connectivity index (χ4v) is 3.65. The van der Waals surface area contributed by atoms with Crippen LogP contribution < -0.4 is 5.32 Å². The maximum Gasteiger partial charge on any atom is 0.237 e. The average molecular weight is 306 g/mol. The summed E-state index contributed by atoms with van der Waals surface area (Å²) in [5.41, 5.74) is 1.20. The van der Waals surface area contributed by atoms with Gasteiger partial charge in [-0.1, -0.05) is 43.7 Å². The molecule has 1 heterocycles. The Hall–Kier alpha value is -1.00. The summed E-state index contributed by atoms with van der Waals surface area (Å²) in [6, 6.07) is 10.4. The van der Waals surface area contributed by atoms with Crippen molar-refractivity contribution in [3.63, 3.8) is 0 Å². The summed E-state index contributed by atoms with van der Waals surface area (Å²) in [5.74, 6) is 2.42. The van der Waals surface area contributed by atoms with Crippen LogP contribution in [0.15, 0.2) is 30.3 Å². The Labute approximate surface area is 132 Å². The maximum atomic E-state index is 12.5. The fourth-order valence-electron chi connectivity index (χ4n) is 2.72. The van der Waals surface area contributed by atoms with E-state index in [1.165, 1.54) is 5.56 Å². The summed E-state index contributed by atoms with van der Waals surface area (Å²) in [4.78, 5) is 14.8. The van der Waals surface area contributed by atoms with Crippen LogP contribution in [0.25, 0.3) is 0 Å². The van der Waals surface area contributed by atoms with Gasteiger partial charge in [-0.05, 0) is 18.9 Å². The first-order valence-corrected chi connectivity index (χ1v) is 9.05. The van der Waals surface area contributed by atoms with Crippen LogP contribution in [0.3, 0.4) is 0 Å². The van der Waals surface area contributed by atoms with Crippen LogP contribution in [0.4, 0.5) is 0 Å². The molecule has 1 aliphatic heterocycles. The van der Waals surface area contributed by atoms with Gasteiger partial charge in [0.15, 0.2) is 0 Å². The third-order valence-electron chi connectivity index (χ3n) is 4.07. The van der Waals surface area contributed by atoms with Gasteiger partial charge in [-0.3, -0.25) is 9.69 Å². The van der Waals surface area contributed by atoms with E-state index in [1.807, 2.05) is 36.9 Å². The third kappa shape index (κ3) is 4.75. The Morgan fingerprint density at radius 3 is 2.57 bits per heavy atom. The second-order valence-electron chi connectivity index (χ2n) is 5.58. The lowest BCUT2D eigenvalue weighted by atomic mass is 10.0. The lowest BCUT2D eigenvalue weighted by Gasteiger charge is -2.32. The number of hydrogen-bond acceptors (Lipinski definition) is 3. The van der Waals surface area contributed by atoms with E-state index in [1.54, 1.807) is 0 Å². The lowest BCUT2D eigenvalue weighted by molar-refractivity contribution is -0.126. The molecule has 0 bridgehead atoms. The first-order chi connectivity index (χ1) is 10.2. The molecular weight excluding hydrogens is 280 g/mol.